The molecule has 0 radical (unpaired) electrons. The van der Waals surface area contributed by atoms with Gasteiger partial charge in [0, 0.05) is 19.2 Å². The SMILES string of the molecule is CCc1ccc(CN(C)C(=O)c2ccc(F)c(C)c2)cc1. The van der Waals surface area contributed by atoms with Gasteiger partial charge < -0.3 is 4.90 Å². The molecule has 2 rings (SSSR count). The van der Waals surface area contributed by atoms with Crippen molar-refractivity contribution in [3.05, 3.63) is 70.5 Å². The molecule has 1 amide bonds. The first-order valence-corrected chi connectivity index (χ1v) is 7.10. The van der Waals surface area contributed by atoms with Crippen LogP contribution in [0.1, 0.15) is 34.0 Å². The highest BCUT2D eigenvalue weighted by molar-refractivity contribution is 5.94. The third-order valence-electron chi connectivity index (χ3n) is 3.60. The second-order valence-corrected chi connectivity index (χ2v) is 5.30. The molecular formula is C18H20FNO. The third kappa shape index (κ3) is 3.69. The molecule has 110 valence electrons. The number of hydrogen-bond donors (Lipinski definition) is 0. The van der Waals surface area contributed by atoms with Crippen molar-refractivity contribution in [1.82, 2.24) is 4.90 Å². The summed E-state index contributed by atoms with van der Waals surface area (Å²) in [5, 5.41) is 0. The van der Waals surface area contributed by atoms with Gasteiger partial charge in [-0.1, -0.05) is 31.2 Å². The fourth-order valence-corrected chi connectivity index (χ4v) is 2.22. The van der Waals surface area contributed by atoms with Crippen LogP contribution in [-0.4, -0.2) is 17.9 Å². The molecule has 2 aromatic carbocycles. The summed E-state index contributed by atoms with van der Waals surface area (Å²) in [6.45, 7) is 4.32. The molecule has 0 saturated heterocycles. The number of benzene rings is 2. The van der Waals surface area contributed by atoms with Crippen LogP contribution in [-0.2, 0) is 13.0 Å². The Kier molecular flexibility index (Phi) is 4.73. The van der Waals surface area contributed by atoms with E-state index in [1.807, 2.05) is 12.1 Å². The average molecular weight is 285 g/mol. The lowest BCUT2D eigenvalue weighted by atomic mass is 10.1. The minimum atomic E-state index is -0.288. The maximum absolute atomic E-state index is 13.3. The Labute approximate surface area is 125 Å². The first-order chi connectivity index (χ1) is 10.0. The zero-order valence-corrected chi connectivity index (χ0v) is 12.7. The van der Waals surface area contributed by atoms with E-state index in [2.05, 4.69) is 19.1 Å². The van der Waals surface area contributed by atoms with Crippen molar-refractivity contribution >= 4 is 5.91 Å². The number of carbonyl (C=O) groups excluding carboxylic acids is 1. The van der Waals surface area contributed by atoms with Gasteiger partial charge in [0.2, 0.25) is 0 Å². The highest BCUT2D eigenvalue weighted by Gasteiger charge is 2.13. The predicted molar refractivity (Wildman–Crippen MR) is 82.8 cm³/mol. The van der Waals surface area contributed by atoms with Gasteiger partial charge in [0.15, 0.2) is 0 Å². The van der Waals surface area contributed by atoms with Crippen molar-refractivity contribution in [1.29, 1.82) is 0 Å². The number of halogens is 1. The molecule has 2 aromatic rings. The van der Waals surface area contributed by atoms with Crippen molar-refractivity contribution in [2.45, 2.75) is 26.8 Å². The zero-order chi connectivity index (χ0) is 15.4. The van der Waals surface area contributed by atoms with Gasteiger partial charge in [0.05, 0.1) is 0 Å². The summed E-state index contributed by atoms with van der Waals surface area (Å²) in [5.74, 6) is -0.387. The molecule has 0 spiro atoms. The molecule has 0 N–H and O–H groups in total. The molecule has 0 unspecified atom stereocenters. The summed E-state index contributed by atoms with van der Waals surface area (Å²) >= 11 is 0. The van der Waals surface area contributed by atoms with Gasteiger partial charge in [-0.15, -0.1) is 0 Å². The summed E-state index contributed by atoms with van der Waals surface area (Å²) < 4.78 is 13.3. The van der Waals surface area contributed by atoms with E-state index >= 15 is 0 Å². The highest BCUT2D eigenvalue weighted by Crippen LogP contribution is 2.13. The quantitative estimate of drug-likeness (QED) is 0.832. The first kappa shape index (κ1) is 15.2. The summed E-state index contributed by atoms with van der Waals surface area (Å²) in [5.41, 5.74) is 3.37. The lowest BCUT2D eigenvalue weighted by molar-refractivity contribution is 0.0785. The van der Waals surface area contributed by atoms with Crippen molar-refractivity contribution in [3.63, 3.8) is 0 Å². The molecule has 0 atom stereocenters. The number of nitrogens with zero attached hydrogens (tertiary/aromatic N) is 1. The van der Waals surface area contributed by atoms with E-state index < -0.39 is 0 Å². The normalized spacial score (nSPS) is 10.5. The largest absolute Gasteiger partial charge is 0.337 e. The number of hydrogen-bond acceptors (Lipinski definition) is 1. The fraction of sp³-hybridized carbons (Fsp3) is 0.278. The van der Waals surface area contributed by atoms with Crippen LogP contribution in [0, 0.1) is 12.7 Å². The van der Waals surface area contributed by atoms with Crippen LogP contribution in [0.5, 0.6) is 0 Å². The van der Waals surface area contributed by atoms with E-state index in [4.69, 9.17) is 0 Å². The molecule has 0 aliphatic rings. The third-order valence-corrected chi connectivity index (χ3v) is 3.60. The van der Waals surface area contributed by atoms with E-state index in [-0.39, 0.29) is 11.7 Å². The predicted octanol–water partition coefficient (Wildman–Crippen LogP) is 3.97. The Bertz CT molecular complexity index is 634. The van der Waals surface area contributed by atoms with Crippen molar-refractivity contribution in [3.8, 4) is 0 Å². The van der Waals surface area contributed by atoms with E-state index in [1.165, 1.54) is 17.7 Å². The van der Waals surface area contributed by atoms with Crippen LogP contribution >= 0.6 is 0 Å². The second-order valence-electron chi connectivity index (χ2n) is 5.30. The van der Waals surface area contributed by atoms with E-state index in [1.54, 1.807) is 24.9 Å². The van der Waals surface area contributed by atoms with Crippen LogP contribution in [0.2, 0.25) is 0 Å². The van der Waals surface area contributed by atoms with Crippen LogP contribution < -0.4 is 0 Å². The summed E-state index contributed by atoms with van der Waals surface area (Å²) in [6.07, 6.45) is 1.00. The minimum absolute atomic E-state index is 0.0994. The van der Waals surface area contributed by atoms with E-state index in [0.29, 0.717) is 17.7 Å². The second kappa shape index (κ2) is 6.53. The molecule has 0 bridgehead atoms. The number of carbonyl (C=O) groups is 1. The first-order valence-electron chi connectivity index (χ1n) is 7.10. The van der Waals surface area contributed by atoms with Gasteiger partial charge in [-0.05, 0) is 48.2 Å². The molecule has 0 aromatic heterocycles. The molecule has 0 saturated carbocycles. The zero-order valence-electron chi connectivity index (χ0n) is 12.7. The lowest BCUT2D eigenvalue weighted by Gasteiger charge is -2.18. The van der Waals surface area contributed by atoms with Gasteiger partial charge in [-0.2, -0.15) is 0 Å². The van der Waals surface area contributed by atoms with Crippen molar-refractivity contribution < 1.29 is 9.18 Å². The Morgan fingerprint density at radius 2 is 1.71 bits per heavy atom. The fourth-order valence-electron chi connectivity index (χ4n) is 2.22. The topological polar surface area (TPSA) is 20.3 Å². The summed E-state index contributed by atoms with van der Waals surface area (Å²) in [6, 6.07) is 12.7. The molecule has 21 heavy (non-hydrogen) atoms. The van der Waals surface area contributed by atoms with Crippen LogP contribution in [0.4, 0.5) is 4.39 Å². The number of amides is 1. The van der Waals surface area contributed by atoms with Crippen molar-refractivity contribution in [2.24, 2.45) is 0 Å². The monoisotopic (exact) mass is 285 g/mol. The Hall–Kier alpha value is -2.16. The van der Waals surface area contributed by atoms with Gasteiger partial charge in [-0.25, -0.2) is 4.39 Å². The average Bonchev–Trinajstić information content (AvgIpc) is 2.50. The van der Waals surface area contributed by atoms with Gasteiger partial charge in [0.1, 0.15) is 5.82 Å². The Balaban J connectivity index is 2.09. The standard InChI is InChI=1S/C18H20FNO/c1-4-14-5-7-15(8-6-14)12-20(3)18(21)16-9-10-17(19)13(2)11-16/h5-11H,4,12H2,1-3H3. The van der Waals surface area contributed by atoms with Gasteiger partial charge in [-0.3, -0.25) is 4.79 Å². The van der Waals surface area contributed by atoms with Crippen LogP contribution in [0.15, 0.2) is 42.5 Å². The Morgan fingerprint density at radius 3 is 2.29 bits per heavy atom. The number of rotatable bonds is 4. The maximum atomic E-state index is 13.3. The van der Waals surface area contributed by atoms with Gasteiger partial charge >= 0.3 is 0 Å². The molecule has 0 heterocycles. The molecule has 3 heteroatoms. The maximum Gasteiger partial charge on any atom is 0.253 e. The molecule has 0 aliphatic carbocycles. The van der Waals surface area contributed by atoms with E-state index in [9.17, 15) is 9.18 Å². The van der Waals surface area contributed by atoms with Crippen LogP contribution in [0.25, 0.3) is 0 Å². The Morgan fingerprint density at radius 1 is 1.10 bits per heavy atom. The van der Waals surface area contributed by atoms with Gasteiger partial charge in [0.25, 0.3) is 5.91 Å². The smallest absolute Gasteiger partial charge is 0.253 e. The molecule has 2 nitrogen and oxygen atoms in total. The molecule has 0 fully saturated rings. The van der Waals surface area contributed by atoms with Crippen LogP contribution in [0.3, 0.4) is 0 Å². The lowest BCUT2D eigenvalue weighted by Crippen LogP contribution is -2.26. The highest BCUT2D eigenvalue weighted by atomic mass is 19.1. The molecule has 0 aliphatic heterocycles. The van der Waals surface area contributed by atoms with Crippen molar-refractivity contribution in [2.75, 3.05) is 7.05 Å². The number of aryl methyl sites for hydroxylation is 2. The minimum Gasteiger partial charge on any atom is -0.337 e. The summed E-state index contributed by atoms with van der Waals surface area (Å²) in [4.78, 5) is 14.0. The van der Waals surface area contributed by atoms with E-state index in [0.717, 1.165) is 12.0 Å². The summed E-state index contributed by atoms with van der Waals surface area (Å²) in [7, 11) is 1.76. The molecular weight excluding hydrogens is 265 g/mol.